The van der Waals surface area contributed by atoms with Gasteiger partial charge in [0.15, 0.2) is 11.5 Å². The molecule has 27 heavy (non-hydrogen) atoms. The zero-order valence-electron chi connectivity index (χ0n) is 16.1. The first-order valence-corrected chi connectivity index (χ1v) is 9.67. The molecule has 0 aliphatic heterocycles. The van der Waals surface area contributed by atoms with Crippen molar-refractivity contribution in [3.05, 3.63) is 81.9 Å². The van der Waals surface area contributed by atoms with Crippen LogP contribution in [-0.2, 0) is 13.0 Å². The number of aryl methyl sites for hydroxylation is 2. The molecule has 2 nitrogen and oxygen atoms in total. The highest BCUT2D eigenvalue weighted by molar-refractivity contribution is 6.33. The number of rotatable bonds is 6. The smallest absolute Gasteiger partial charge is 0.161 e. The van der Waals surface area contributed by atoms with Crippen LogP contribution in [0.2, 0.25) is 5.02 Å². The summed E-state index contributed by atoms with van der Waals surface area (Å²) in [7, 11) is 0. The second-order valence-electron chi connectivity index (χ2n) is 6.86. The van der Waals surface area contributed by atoms with Gasteiger partial charge in [-0.3, -0.25) is 0 Å². The summed E-state index contributed by atoms with van der Waals surface area (Å²) in [6.07, 6.45) is 2.02. The summed E-state index contributed by atoms with van der Waals surface area (Å²) in [6, 6.07) is 17.7. The Kier molecular flexibility index (Phi) is 6.08. The van der Waals surface area contributed by atoms with E-state index in [-0.39, 0.29) is 5.75 Å². The van der Waals surface area contributed by atoms with Crippen molar-refractivity contribution in [2.45, 2.75) is 40.2 Å². The largest absolute Gasteiger partial charge is 0.504 e. The number of phenolic OH excluding ortho intramolecular Hbond substituents is 1. The fourth-order valence-electron chi connectivity index (χ4n) is 3.28. The van der Waals surface area contributed by atoms with Gasteiger partial charge in [-0.05, 0) is 66.3 Å². The van der Waals surface area contributed by atoms with Gasteiger partial charge in [-0.25, -0.2) is 0 Å². The van der Waals surface area contributed by atoms with Crippen LogP contribution in [0.25, 0.3) is 11.1 Å². The van der Waals surface area contributed by atoms with Crippen LogP contribution in [0.3, 0.4) is 0 Å². The Hall–Kier alpha value is -2.45. The zero-order valence-corrected chi connectivity index (χ0v) is 16.8. The summed E-state index contributed by atoms with van der Waals surface area (Å²) in [5.41, 5.74) is 6.68. The molecule has 0 unspecified atom stereocenters. The molecule has 0 saturated carbocycles. The first kappa shape index (κ1) is 19.3. The van der Waals surface area contributed by atoms with E-state index in [1.165, 1.54) is 11.1 Å². The topological polar surface area (TPSA) is 29.5 Å². The van der Waals surface area contributed by atoms with E-state index in [0.29, 0.717) is 12.4 Å². The summed E-state index contributed by atoms with van der Waals surface area (Å²) < 4.78 is 5.99. The monoisotopic (exact) mass is 380 g/mol. The second kappa shape index (κ2) is 8.49. The van der Waals surface area contributed by atoms with Crippen LogP contribution in [0.4, 0.5) is 0 Å². The lowest BCUT2D eigenvalue weighted by atomic mass is 9.93. The third kappa shape index (κ3) is 4.28. The molecule has 0 bridgehead atoms. The van der Waals surface area contributed by atoms with Gasteiger partial charge in [0.1, 0.15) is 6.61 Å². The fraction of sp³-hybridized carbons (Fsp3) is 0.250. The molecular weight excluding hydrogens is 356 g/mol. The molecule has 0 aromatic heterocycles. The van der Waals surface area contributed by atoms with E-state index in [1.807, 2.05) is 42.5 Å². The molecule has 140 valence electrons. The van der Waals surface area contributed by atoms with Gasteiger partial charge < -0.3 is 9.84 Å². The first-order chi connectivity index (χ1) is 13.0. The molecule has 0 amide bonds. The molecule has 0 saturated heterocycles. The molecule has 0 spiro atoms. The van der Waals surface area contributed by atoms with Gasteiger partial charge in [0.25, 0.3) is 0 Å². The third-order valence-corrected chi connectivity index (χ3v) is 5.23. The predicted molar refractivity (Wildman–Crippen MR) is 113 cm³/mol. The van der Waals surface area contributed by atoms with Crippen LogP contribution in [0.5, 0.6) is 11.5 Å². The average Bonchev–Trinajstić information content (AvgIpc) is 2.66. The Morgan fingerprint density at radius 1 is 1.00 bits per heavy atom. The third-order valence-electron chi connectivity index (χ3n) is 4.92. The highest BCUT2D eigenvalue weighted by atomic mass is 35.5. The van der Waals surface area contributed by atoms with Gasteiger partial charge in [0.2, 0.25) is 0 Å². The minimum Gasteiger partial charge on any atom is -0.504 e. The van der Waals surface area contributed by atoms with E-state index in [0.717, 1.165) is 40.1 Å². The number of hydrogen-bond acceptors (Lipinski definition) is 2. The number of benzene rings is 3. The number of aromatic hydroxyl groups is 1. The minimum atomic E-state index is 0.164. The Labute approximate surface area is 166 Å². The van der Waals surface area contributed by atoms with Crippen LogP contribution in [-0.4, -0.2) is 5.11 Å². The van der Waals surface area contributed by atoms with E-state index in [1.54, 1.807) is 6.07 Å². The van der Waals surface area contributed by atoms with Crippen molar-refractivity contribution in [1.82, 2.24) is 0 Å². The Balaban J connectivity index is 1.93. The molecule has 0 aliphatic rings. The maximum Gasteiger partial charge on any atom is 0.161 e. The van der Waals surface area contributed by atoms with Crippen molar-refractivity contribution in [2.24, 2.45) is 0 Å². The van der Waals surface area contributed by atoms with E-state index in [9.17, 15) is 5.11 Å². The van der Waals surface area contributed by atoms with Crippen LogP contribution in [0.15, 0.2) is 54.6 Å². The van der Waals surface area contributed by atoms with E-state index < -0.39 is 0 Å². The molecule has 0 radical (unpaired) electrons. The number of halogens is 1. The van der Waals surface area contributed by atoms with Gasteiger partial charge in [0.05, 0.1) is 0 Å². The Morgan fingerprint density at radius 2 is 1.78 bits per heavy atom. The molecule has 0 atom stereocenters. The SMILES string of the molecule is CCCc1ccc(O)c(OCc2ccccc2-c2c(Cl)ccc(C)c2C)c1. The molecule has 3 aromatic rings. The molecule has 1 N–H and O–H groups in total. The lowest BCUT2D eigenvalue weighted by Gasteiger charge is -2.16. The number of ether oxygens (including phenoxy) is 1. The lowest BCUT2D eigenvalue weighted by molar-refractivity contribution is 0.289. The summed E-state index contributed by atoms with van der Waals surface area (Å²) in [4.78, 5) is 0. The quantitative estimate of drug-likeness (QED) is 0.506. The van der Waals surface area contributed by atoms with Crippen molar-refractivity contribution in [1.29, 1.82) is 0 Å². The van der Waals surface area contributed by atoms with Crippen molar-refractivity contribution in [2.75, 3.05) is 0 Å². The van der Waals surface area contributed by atoms with Crippen LogP contribution in [0, 0.1) is 13.8 Å². The van der Waals surface area contributed by atoms with Gasteiger partial charge in [-0.15, -0.1) is 0 Å². The van der Waals surface area contributed by atoms with Crippen LogP contribution < -0.4 is 4.74 Å². The van der Waals surface area contributed by atoms with Crippen molar-refractivity contribution < 1.29 is 9.84 Å². The normalized spacial score (nSPS) is 10.8. The van der Waals surface area contributed by atoms with Crippen molar-refractivity contribution in [3.63, 3.8) is 0 Å². The van der Waals surface area contributed by atoms with E-state index >= 15 is 0 Å². The standard InChI is InChI=1S/C24H25ClO2/c1-4-7-18-11-13-22(26)23(14-18)27-15-19-8-5-6-9-20(19)24-17(3)16(2)10-12-21(24)25/h5-6,8-14,26H,4,7,15H2,1-3H3. The maximum absolute atomic E-state index is 10.1. The van der Waals surface area contributed by atoms with Gasteiger partial charge in [-0.2, -0.15) is 0 Å². The molecule has 0 heterocycles. The Bertz CT molecular complexity index is 947. The lowest BCUT2D eigenvalue weighted by Crippen LogP contribution is -2.00. The minimum absolute atomic E-state index is 0.164. The van der Waals surface area contributed by atoms with Gasteiger partial charge in [0, 0.05) is 10.6 Å². The van der Waals surface area contributed by atoms with E-state index in [4.69, 9.17) is 16.3 Å². The van der Waals surface area contributed by atoms with Crippen molar-refractivity contribution in [3.8, 4) is 22.6 Å². The summed E-state index contributed by atoms with van der Waals surface area (Å²) >= 11 is 6.53. The predicted octanol–water partition coefficient (Wildman–Crippen LogP) is 6.86. The number of hydrogen-bond donors (Lipinski definition) is 1. The maximum atomic E-state index is 10.1. The highest BCUT2D eigenvalue weighted by Gasteiger charge is 2.14. The molecule has 3 aromatic carbocycles. The van der Waals surface area contributed by atoms with Gasteiger partial charge >= 0.3 is 0 Å². The van der Waals surface area contributed by atoms with Gasteiger partial charge in [-0.1, -0.05) is 61.3 Å². The summed E-state index contributed by atoms with van der Waals surface area (Å²) in [6.45, 7) is 6.68. The molecule has 0 aliphatic carbocycles. The van der Waals surface area contributed by atoms with Crippen molar-refractivity contribution >= 4 is 11.6 Å². The van der Waals surface area contributed by atoms with Crippen LogP contribution >= 0.6 is 11.6 Å². The number of phenols is 1. The zero-order chi connectivity index (χ0) is 19.4. The summed E-state index contributed by atoms with van der Waals surface area (Å²) in [5.74, 6) is 0.680. The molecule has 3 heteroatoms. The highest BCUT2D eigenvalue weighted by Crippen LogP contribution is 2.36. The summed E-state index contributed by atoms with van der Waals surface area (Å²) in [5, 5.41) is 10.9. The molecular formula is C24H25ClO2. The first-order valence-electron chi connectivity index (χ1n) is 9.30. The van der Waals surface area contributed by atoms with Crippen LogP contribution in [0.1, 0.15) is 35.6 Å². The average molecular weight is 381 g/mol. The molecule has 0 fully saturated rings. The Morgan fingerprint density at radius 3 is 2.56 bits per heavy atom. The second-order valence-corrected chi connectivity index (χ2v) is 7.27. The fourth-order valence-corrected chi connectivity index (χ4v) is 3.58. The van der Waals surface area contributed by atoms with E-state index in [2.05, 4.69) is 26.8 Å². The molecule has 3 rings (SSSR count).